The monoisotopic (exact) mass is 387 g/mol. The first-order chi connectivity index (χ1) is 12.8. The number of nitro benzene ring substituents is 1. The largest absolute Gasteiger partial charge is 0.484 e. The summed E-state index contributed by atoms with van der Waals surface area (Å²) in [7, 11) is 0. The number of amides is 1. The minimum atomic E-state index is -0.475. The molecule has 0 radical (unpaired) electrons. The second-order valence-corrected chi connectivity index (χ2v) is 6.29. The molecule has 8 heteroatoms. The zero-order valence-corrected chi connectivity index (χ0v) is 15.7. The molecule has 0 aliphatic rings. The fourth-order valence-corrected chi connectivity index (χ4v) is 2.62. The average Bonchev–Trinajstić information content (AvgIpc) is 2.62. The van der Waals surface area contributed by atoms with E-state index >= 15 is 0 Å². The van der Waals surface area contributed by atoms with Crippen LogP contribution in [0.1, 0.15) is 17.5 Å². The van der Waals surface area contributed by atoms with Gasteiger partial charge < -0.3 is 9.64 Å². The van der Waals surface area contributed by atoms with E-state index in [1.165, 1.54) is 23.1 Å². The Balaban J connectivity index is 2.14. The third kappa shape index (κ3) is 5.19. The Morgan fingerprint density at radius 3 is 2.59 bits per heavy atom. The van der Waals surface area contributed by atoms with Crippen LogP contribution < -0.4 is 9.64 Å². The summed E-state index contributed by atoms with van der Waals surface area (Å²) in [4.78, 5) is 24.5. The van der Waals surface area contributed by atoms with Crippen molar-refractivity contribution in [1.29, 1.82) is 5.26 Å². The quantitative estimate of drug-likeness (QED) is 0.524. The van der Waals surface area contributed by atoms with Gasteiger partial charge in [0.25, 0.3) is 11.6 Å². The molecule has 0 heterocycles. The highest BCUT2D eigenvalue weighted by atomic mass is 35.5. The Labute approximate surface area is 161 Å². The van der Waals surface area contributed by atoms with Gasteiger partial charge in [0.2, 0.25) is 0 Å². The lowest BCUT2D eigenvalue weighted by molar-refractivity contribution is -0.385. The molecule has 7 nitrogen and oxygen atoms in total. The number of carbonyl (C=O) groups excluding carboxylic acids is 1. The minimum Gasteiger partial charge on any atom is -0.484 e. The highest BCUT2D eigenvalue weighted by Gasteiger charge is 2.18. The lowest BCUT2D eigenvalue weighted by atomic mass is 10.2. The predicted octanol–water partition coefficient (Wildman–Crippen LogP) is 4.19. The zero-order valence-electron chi connectivity index (χ0n) is 14.9. The summed E-state index contributed by atoms with van der Waals surface area (Å²) >= 11 is 6.03. The molecule has 0 aliphatic carbocycles. The fourth-order valence-electron chi connectivity index (χ4n) is 2.50. The van der Waals surface area contributed by atoms with Crippen LogP contribution in [0, 0.1) is 35.3 Å². The Bertz CT molecular complexity index is 908. The van der Waals surface area contributed by atoms with E-state index in [1.54, 1.807) is 25.1 Å². The number of hydrogen-bond donors (Lipinski definition) is 0. The fraction of sp³-hybridized carbons (Fsp3) is 0.263. The van der Waals surface area contributed by atoms with Gasteiger partial charge in [0.05, 0.1) is 17.4 Å². The van der Waals surface area contributed by atoms with Crippen molar-refractivity contribution < 1.29 is 14.5 Å². The molecule has 0 bridgehead atoms. The molecule has 2 aromatic carbocycles. The third-order valence-corrected chi connectivity index (χ3v) is 4.35. The smallest absolute Gasteiger partial charge is 0.272 e. The van der Waals surface area contributed by atoms with Crippen LogP contribution in [0.5, 0.6) is 5.75 Å². The van der Waals surface area contributed by atoms with Gasteiger partial charge in [0.1, 0.15) is 5.75 Å². The van der Waals surface area contributed by atoms with Crippen LogP contribution >= 0.6 is 11.6 Å². The van der Waals surface area contributed by atoms with Gasteiger partial charge in [-0.05, 0) is 49.7 Å². The Morgan fingerprint density at radius 2 is 2.00 bits per heavy atom. The van der Waals surface area contributed by atoms with E-state index in [2.05, 4.69) is 0 Å². The van der Waals surface area contributed by atoms with Crippen LogP contribution in [0.3, 0.4) is 0 Å². The number of nitrogens with zero attached hydrogens (tertiary/aromatic N) is 3. The highest BCUT2D eigenvalue weighted by Crippen LogP contribution is 2.25. The maximum Gasteiger partial charge on any atom is 0.272 e. The van der Waals surface area contributed by atoms with Gasteiger partial charge in [-0.3, -0.25) is 14.9 Å². The molecule has 0 atom stereocenters. The molecule has 0 aromatic heterocycles. The van der Waals surface area contributed by atoms with Crippen LogP contribution in [0.15, 0.2) is 36.4 Å². The molecule has 0 saturated carbocycles. The first-order valence-electron chi connectivity index (χ1n) is 8.14. The van der Waals surface area contributed by atoms with Crippen molar-refractivity contribution in [3.05, 3.63) is 62.7 Å². The summed E-state index contributed by atoms with van der Waals surface area (Å²) in [6, 6.07) is 11.5. The number of carbonyl (C=O) groups is 1. The Hall–Kier alpha value is -3.11. The number of ether oxygens (including phenoxy) is 1. The van der Waals surface area contributed by atoms with E-state index < -0.39 is 4.92 Å². The SMILES string of the molecule is Cc1cc(N(CCC#N)C(=O)COc2ccc([N+](=O)[O-])c(C)c2)ccc1Cl. The van der Waals surface area contributed by atoms with Gasteiger partial charge in [-0.1, -0.05) is 11.6 Å². The number of hydrogen-bond acceptors (Lipinski definition) is 5. The zero-order chi connectivity index (χ0) is 20.0. The van der Waals surface area contributed by atoms with Crippen molar-refractivity contribution in [2.45, 2.75) is 20.3 Å². The van der Waals surface area contributed by atoms with E-state index in [0.29, 0.717) is 22.0 Å². The molecular weight excluding hydrogens is 370 g/mol. The number of anilines is 1. The van der Waals surface area contributed by atoms with Crippen molar-refractivity contribution in [2.75, 3.05) is 18.1 Å². The number of nitriles is 1. The summed E-state index contributed by atoms with van der Waals surface area (Å²) in [5, 5.41) is 20.3. The van der Waals surface area contributed by atoms with E-state index in [4.69, 9.17) is 21.6 Å². The molecule has 0 spiro atoms. The van der Waals surface area contributed by atoms with Gasteiger partial charge in [-0.25, -0.2) is 0 Å². The van der Waals surface area contributed by atoms with Gasteiger partial charge >= 0.3 is 0 Å². The van der Waals surface area contributed by atoms with E-state index in [1.807, 2.05) is 13.0 Å². The van der Waals surface area contributed by atoms with Crippen LogP contribution in [-0.2, 0) is 4.79 Å². The normalized spacial score (nSPS) is 10.1. The first kappa shape index (κ1) is 20.2. The summed E-state index contributed by atoms with van der Waals surface area (Å²) < 4.78 is 5.50. The second kappa shape index (κ2) is 9.01. The van der Waals surface area contributed by atoms with Gasteiger partial charge in [0, 0.05) is 28.9 Å². The van der Waals surface area contributed by atoms with Crippen molar-refractivity contribution in [3.63, 3.8) is 0 Å². The van der Waals surface area contributed by atoms with Crippen LogP contribution in [-0.4, -0.2) is 24.0 Å². The molecule has 0 unspecified atom stereocenters. The number of halogens is 1. The lowest BCUT2D eigenvalue weighted by Crippen LogP contribution is -2.35. The maximum absolute atomic E-state index is 12.6. The van der Waals surface area contributed by atoms with E-state index in [9.17, 15) is 14.9 Å². The van der Waals surface area contributed by atoms with Crippen LogP contribution in [0.2, 0.25) is 5.02 Å². The minimum absolute atomic E-state index is 0.0130. The highest BCUT2D eigenvalue weighted by molar-refractivity contribution is 6.31. The third-order valence-electron chi connectivity index (χ3n) is 3.93. The molecule has 140 valence electrons. The standard InChI is InChI=1S/C19H18ClN3O4/c1-13-10-15(4-6-17(13)20)22(9-3-8-21)19(24)12-27-16-5-7-18(23(25)26)14(2)11-16/h4-7,10-11H,3,9,12H2,1-2H3. The Kier molecular flexibility index (Phi) is 6.74. The average molecular weight is 388 g/mol. The summed E-state index contributed by atoms with van der Waals surface area (Å²) in [6.45, 7) is 3.39. The molecule has 0 N–H and O–H groups in total. The number of rotatable bonds is 7. The molecule has 2 aromatic rings. The molecule has 27 heavy (non-hydrogen) atoms. The van der Waals surface area contributed by atoms with Crippen molar-refractivity contribution in [1.82, 2.24) is 0 Å². The van der Waals surface area contributed by atoms with E-state index in [-0.39, 0.29) is 31.2 Å². The maximum atomic E-state index is 12.6. The van der Waals surface area contributed by atoms with Crippen molar-refractivity contribution in [2.24, 2.45) is 0 Å². The van der Waals surface area contributed by atoms with E-state index in [0.717, 1.165) is 5.56 Å². The van der Waals surface area contributed by atoms with Gasteiger partial charge in [-0.2, -0.15) is 5.26 Å². The number of aryl methyl sites for hydroxylation is 2. The molecule has 0 saturated heterocycles. The Morgan fingerprint density at radius 1 is 1.26 bits per heavy atom. The molecular formula is C19H18ClN3O4. The predicted molar refractivity (Wildman–Crippen MR) is 102 cm³/mol. The van der Waals surface area contributed by atoms with Crippen LogP contribution in [0.25, 0.3) is 0 Å². The second-order valence-electron chi connectivity index (χ2n) is 5.88. The summed E-state index contributed by atoms with van der Waals surface area (Å²) in [5.41, 5.74) is 1.87. The van der Waals surface area contributed by atoms with Crippen LogP contribution in [0.4, 0.5) is 11.4 Å². The molecule has 2 rings (SSSR count). The number of benzene rings is 2. The lowest BCUT2D eigenvalue weighted by Gasteiger charge is -2.22. The molecule has 0 aliphatic heterocycles. The summed E-state index contributed by atoms with van der Waals surface area (Å²) in [5.74, 6) is 0.0296. The molecule has 1 amide bonds. The van der Waals surface area contributed by atoms with Gasteiger partial charge in [-0.15, -0.1) is 0 Å². The molecule has 0 fully saturated rings. The van der Waals surface area contributed by atoms with Crippen molar-refractivity contribution >= 4 is 28.9 Å². The first-order valence-corrected chi connectivity index (χ1v) is 8.52. The van der Waals surface area contributed by atoms with Crippen molar-refractivity contribution in [3.8, 4) is 11.8 Å². The topological polar surface area (TPSA) is 96.5 Å². The van der Waals surface area contributed by atoms with Gasteiger partial charge in [0.15, 0.2) is 6.61 Å². The number of nitro groups is 1. The summed E-state index contributed by atoms with van der Waals surface area (Å²) in [6.07, 6.45) is 0.171.